The van der Waals surface area contributed by atoms with E-state index in [1.807, 2.05) is 0 Å². The average molecular weight is 296 g/mol. The lowest BCUT2D eigenvalue weighted by Crippen LogP contribution is -2.32. The lowest BCUT2D eigenvalue weighted by Gasteiger charge is -2.16. The van der Waals surface area contributed by atoms with Gasteiger partial charge in [0.25, 0.3) is 5.91 Å². The lowest BCUT2D eigenvalue weighted by molar-refractivity contribution is -0.385. The largest absolute Gasteiger partial charge is 0.481 e. The molecule has 8 heteroatoms. The van der Waals surface area contributed by atoms with Gasteiger partial charge in [0.2, 0.25) is 0 Å². The maximum Gasteiger partial charge on any atom is 0.310 e. The predicted octanol–water partition coefficient (Wildman–Crippen LogP) is 1.30. The summed E-state index contributed by atoms with van der Waals surface area (Å²) in [6.45, 7) is -0.0558. The molecule has 1 N–H and O–H groups in total. The minimum Gasteiger partial charge on any atom is -0.481 e. The van der Waals surface area contributed by atoms with Gasteiger partial charge in [-0.3, -0.25) is 19.7 Å². The Kier molecular flexibility index (Phi) is 6.12. The van der Waals surface area contributed by atoms with E-state index in [0.717, 1.165) is 0 Å². The number of likely N-dealkylation sites (N-methyl/N-ethyl adjacent to an activating group) is 1. The van der Waals surface area contributed by atoms with E-state index in [9.17, 15) is 19.7 Å². The predicted molar refractivity (Wildman–Crippen MR) is 73.1 cm³/mol. The first-order valence-electron chi connectivity index (χ1n) is 6.23. The van der Waals surface area contributed by atoms with Gasteiger partial charge in [-0.15, -0.1) is 0 Å². The zero-order valence-electron chi connectivity index (χ0n) is 11.5. The Morgan fingerprint density at radius 2 is 2.05 bits per heavy atom. The number of benzene rings is 1. The molecule has 0 aliphatic rings. The molecule has 0 bridgehead atoms. The van der Waals surface area contributed by atoms with E-state index in [2.05, 4.69) is 0 Å². The first kappa shape index (κ1) is 16.4. The number of carboxylic acids is 1. The standard InChI is InChI=1S/C13H16N2O6/c1-14(8-4-7-13(17)18)12(16)9-21-11-6-3-2-5-10(11)15(19)20/h2-3,5-6H,4,7-9H2,1H3,(H,17,18). The summed E-state index contributed by atoms with van der Waals surface area (Å²) >= 11 is 0. The van der Waals surface area contributed by atoms with Crippen LogP contribution in [-0.4, -0.2) is 47.0 Å². The Labute approximate surface area is 121 Å². The number of hydrogen-bond donors (Lipinski definition) is 1. The number of nitro groups is 1. The van der Waals surface area contributed by atoms with Crippen LogP contribution >= 0.6 is 0 Å². The van der Waals surface area contributed by atoms with Crippen molar-refractivity contribution in [2.45, 2.75) is 12.8 Å². The summed E-state index contributed by atoms with van der Waals surface area (Å²) in [6.07, 6.45) is 0.311. The molecule has 0 fully saturated rings. The van der Waals surface area contributed by atoms with Crippen LogP contribution < -0.4 is 4.74 Å². The molecule has 1 rings (SSSR count). The van der Waals surface area contributed by atoms with E-state index in [4.69, 9.17) is 9.84 Å². The molecule has 0 saturated heterocycles. The van der Waals surface area contributed by atoms with Crippen molar-refractivity contribution in [3.8, 4) is 5.75 Å². The number of amides is 1. The first-order chi connectivity index (χ1) is 9.91. The Balaban J connectivity index is 2.49. The monoisotopic (exact) mass is 296 g/mol. The van der Waals surface area contributed by atoms with E-state index in [1.165, 1.54) is 30.1 Å². The maximum atomic E-state index is 11.8. The molecular formula is C13H16N2O6. The smallest absolute Gasteiger partial charge is 0.310 e. The number of carboxylic acid groups (broad SMARTS) is 1. The molecule has 114 valence electrons. The van der Waals surface area contributed by atoms with Crippen molar-refractivity contribution in [3.05, 3.63) is 34.4 Å². The summed E-state index contributed by atoms with van der Waals surface area (Å²) in [7, 11) is 1.52. The molecule has 0 aromatic heterocycles. The Bertz CT molecular complexity index is 531. The Hall–Kier alpha value is -2.64. The third kappa shape index (κ3) is 5.47. The van der Waals surface area contributed by atoms with Crippen molar-refractivity contribution in [3.63, 3.8) is 0 Å². The van der Waals surface area contributed by atoms with Gasteiger partial charge in [-0.05, 0) is 12.5 Å². The third-order valence-electron chi connectivity index (χ3n) is 2.72. The fourth-order valence-electron chi connectivity index (χ4n) is 1.57. The van der Waals surface area contributed by atoms with Gasteiger partial charge in [0.05, 0.1) is 4.92 Å². The van der Waals surface area contributed by atoms with Crippen LogP contribution in [0.15, 0.2) is 24.3 Å². The molecule has 1 aromatic carbocycles. The van der Waals surface area contributed by atoms with Crippen molar-refractivity contribution < 1.29 is 24.4 Å². The SMILES string of the molecule is CN(CCCC(=O)O)C(=O)COc1ccccc1[N+](=O)[O-]. The van der Waals surface area contributed by atoms with Crippen LogP contribution in [-0.2, 0) is 9.59 Å². The first-order valence-corrected chi connectivity index (χ1v) is 6.23. The van der Waals surface area contributed by atoms with Crippen molar-refractivity contribution in [2.75, 3.05) is 20.2 Å². The van der Waals surface area contributed by atoms with Gasteiger partial charge < -0.3 is 14.7 Å². The molecule has 0 spiro atoms. The number of carbonyl (C=O) groups excluding carboxylic acids is 1. The molecule has 1 aromatic rings. The number of para-hydroxylation sites is 2. The highest BCUT2D eigenvalue weighted by atomic mass is 16.6. The Morgan fingerprint density at radius 1 is 1.38 bits per heavy atom. The van der Waals surface area contributed by atoms with Crippen molar-refractivity contribution in [1.82, 2.24) is 4.90 Å². The van der Waals surface area contributed by atoms with Crippen LogP contribution in [0.25, 0.3) is 0 Å². The van der Waals surface area contributed by atoms with Gasteiger partial charge >= 0.3 is 11.7 Å². The number of nitrogens with zero attached hydrogens (tertiary/aromatic N) is 2. The number of hydrogen-bond acceptors (Lipinski definition) is 5. The normalized spacial score (nSPS) is 9.95. The van der Waals surface area contributed by atoms with Crippen LogP contribution in [0.3, 0.4) is 0 Å². The van der Waals surface area contributed by atoms with Crippen molar-refractivity contribution >= 4 is 17.6 Å². The summed E-state index contributed by atoms with van der Waals surface area (Å²) in [6, 6.07) is 5.78. The van der Waals surface area contributed by atoms with Crippen LogP contribution in [0.1, 0.15) is 12.8 Å². The highest BCUT2D eigenvalue weighted by Crippen LogP contribution is 2.25. The zero-order valence-corrected chi connectivity index (χ0v) is 11.5. The molecule has 0 saturated carbocycles. The number of carbonyl (C=O) groups is 2. The molecule has 1 amide bonds. The summed E-state index contributed by atoms with van der Waals surface area (Å²) in [5.74, 6) is -1.28. The van der Waals surface area contributed by atoms with Gasteiger partial charge in [0.1, 0.15) is 0 Å². The number of nitro benzene ring substituents is 1. The molecular weight excluding hydrogens is 280 g/mol. The van der Waals surface area contributed by atoms with Gasteiger partial charge in [0, 0.05) is 26.1 Å². The van der Waals surface area contributed by atoms with E-state index in [-0.39, 0.29) is 36.9 Å². The zero-order chi connectivity index (χ0) is 15.8. The van der Waals surface area contributed by atoms with Gasteiger partial charge in [-0.25, -0.2) is 0 Å². The number of rotatable bonds is 8. The molecule has 0 radical (unpaired) electrons. The molecule has 0 aliphatic heterocycles. The van der Waals surface area contributed by atoms with E-state index in [1.54, 1.807) is 6.07 Å². The number of aliphatic carboxylic acids is 1. The minimum atomic E-state index is -0.924. The molecule has 0 aliphatic carbocycles. The van der Waals surface area contributed by atoms with E-state index < -0.39 is 10.9 Å². The second-order valence-electron chi connectivity index (χ2n) is 4.33. The highest BCUT2D eigenvalue weighted by molar-refractivity contribution is 5.77. The molecule has 0 atom stereocenters. The van der Waals surface area contributed by atoms with Gasteiger partial charge in [-0.2, -0.15) is 0 Å². The van der Waals surface area contributed by atoms with E-state index in [0.29, 0.717) is 6.42 Å². The fraction of sp³-hybridized carbons (Fsp3) is 0.385. The molecule has 21 heavy (non-hydrogen) atoms. The minimum absolute atomic E-state index is 0.0229. The molecule has 0 heterocycles. The van der Waals surface area contributed by atoms with Crippen LogP contribution in [0, 0.1) is 10.1 Å². The second kappa shape index (κ2) is 7.83. The van der Waals surface area contributed by atoms with Gasteiger partial charge in [0.15, 0.2) is 12.4 Å². The van der Waals surface area contributed by atoms with Crippen molar-refractivity contribution in [2.24, 2.45) is 0 Å². The highest BCUT2D eigenvalue weighted by Gasteiger charge is 2.16. The lowest BCUT2D eigenvalue weighted by atomic mass is 10.3. The van der Waals surface area contributed by atoms with Gasteiger partial charge in [-0.1, -0.05) is 12.1 Å². The summed E-state index contributed by atoms with van der Waals surface area (Å²) < 4.78 is 5.16. The quantitative estimate of drug-likeness (QED) is 0.572. The summed E-state index contributed by atoms with van der Waals surface area (Å²) in [5, 5.41) is 19.3. The molecule has 0 unspecified atom stereocenters. The van der Waals surface area contributed by atoms with Crippen LogP contribution in [0.4, 0.5) is 5.69 Å². The second-order valence-corrected chi connectivity index (χ2v) is 4.33. The summed E-state index contributed by atoms with van der Waals surface area (Å²) in [4.78, 5) is 33.7. The van der Waals surface area contributed by atoms with Crippen molar-refractivity contribution in [1.29, 1.82) is 0 Å². The fourth-order valence-corrected chi connectivity index (χ4v) is 1.57. The maximum absolute atomic E-state index is 11.8. The summed E-state index contributed by atoms with van der Waals surface area (Å²) in [5.41, 5.74) is -0.209. The number of ether oxygens (including phenoxy) is 1. The van der Waals surface area contributed by atoms with Crippen LogP contribution in [0.2, 0.25) is 0 Å². The van der Waals surface area contributed by atoms with E-state index >= 15 is 0 Å². The third-order valence-corrected chi connectivity index (χ3v) is 2.72. The Morgan fingerprint density at radius 3 is 2.67 bits per heavy atom. The average Bonchev–Trinajstić information content (AvgIpc) is 2.44. The molecule has 8 nitrogen and oxygen atoms in total. The van der Waals surface area contributed by atoms with Crippen LogP contribution in [0.5, 0.6) is 5.75 Å². The topological polar surface area (TPSA) is 110 Å².